The van der Waals surface area contributed by atoms with Crippen molar-refractivity contribution in [2.45, 2.75) is 53.4 Å². The van der Waals surface area contributed by atoms with Gasteiger partial charge >= 0.3 is 0 Å². The third kappa shape index (κ3) is 2.94. The summed E-state index contributed by atoms with van der Waals surface area (Å²) in [6.07, 6.45) is 0. The lowest BCUT2D eigenvalue weighted by Gasteiger charge is -2.18. The molecule has 1 rings (SSSR count). The van der Waals surface area contributed by atoms with E-state index >= 15 is 0 Å². The first kappa shape index (κ1) is 13.0. The molecule has 0 bridgehead atoms. The highest BCUT2D eigenvalue weighted by molar-refractivity contribution is 5.82. The highest BCUT2D eigenvalue weighted by Gasteiger charge is 2.13. The van der Waals surface area contributed by atoms with E-state index in [1.807, 2.05) is 13.8 Å². The van der Waals surface area contributed by atoms with Gasteiger partial charge in [-0.25, -0.2) is 0 Å². The summed E-state index contributed by atoms with van der Waals surface area (Å²) in [6.45, 7) is 13.1. The molecule has 0 N–H and O–H groups in total. The Morgan fingerprint density at radius 1 is 1.00 bits per heavy atom. The van der Waals surface area contributed by atoms with Crippen molar-refractivity contribution in [1.29, 1.82) is 0 Å². The Morgan fingerprint density at radius 2 is 1.62 bits per heavy atom. The third-order valence-electron chi connectivity index (χ3n) is 2.66. The van der Waals surface area contributed by atoms with E-state index in [1.165, 1.54) is 11.1 Å². The van der Waals surface area contributed by atoms with E-state index in [4.69, 9.17) is 0 Å². The normalized spacial score (nSPS) is 11.0. The molecule has 1 nitrogen and oxygen atoms in total. The minimum Gasteiger partial charge on any atom is -0.258 e. The molecule has 16 heavy (non-hydrogen) atoms. The van der Waals surface area contributed by atoms with Gasteiger partial charge in [-0.2, -0.15) is 0 Å². The average molecular weight is 217 g/mol. The molecule has 0 radical (unpaired) electrons. The third-order valence-corrected chi connectivity index (χ3v) is 2.66. The van der Waals surface area contributed by atoms with Crippen LogP contribution in [0.2, 0.25) is 0 Å². The molecular weight excluding hydrogens is 194 g/mol. The SMILES string of the molecule is CC(C)=Nc1cccc(C(C)C)c1C(C)C. The largest absolute Gasteiger partial charge is 0.258 e. The fourth-order valence-electron chi connectivity index (χ4n) is 2.04. The Kier molecular flexibility index (Phi) is 4.28. The van der Waals surface area contributed by atoms with E-state index in [9.17, 15) is 0 Å². The number of hydrogen-bond acceptors (Lipinski definition) is 1. The van der Waals surface area contributed by atoms with E-state index in [2.05, 4.69) is 50.9 Å². The fraction of sp³-hybridized carbons (Fsp3) is 0.533. The van der Waals surface area contributed by atoms with E-state index in [-0.39, 0.29) is 0 Å². The van der Waals surface area contributed by atoms with Crippen LogP contribution in [-0.4, -0.2) is 5.71 Å². The van der Waals surface area contributed by atoms with Crippen LogP contribution >= 0.6 is 0 Å². The van der Waals surface area contributed by atoms with Crippen LogP contribution in [0.25, 0.3) is 0 Å². The van der Waals surface area contributed by atoms with Crippen molar-refractivity contribution in [2.24, 2.45) is 4.99 Å². The van der Waals surface area contributed by atoms with Gasteiger partial charge in [-0.15, -0.1) is 0 Å². The molecule has 0 atom stereocenters. The maximum Gasteiger partial charge on any atom is 0.0666 e. The summed E-state index contributed by atoms with van der Waals surface area (Å²) in [5.74, 6) is 1.08. The minimum absolute atomic E-state index is 0.525. The molecule has 0 spiro atoms. The van der Waals surface area contributed by atoms with Gasteiger partial charge in [-0.05, 0) is 42.9 Å². The smallest absolute Gasteiger partial charge is 0.0666 e. The van der Waals surface area contributed by atoms with Gasteiger partial charge in [0.15, 0.2) is 0 Å². The number of benzene rings is 1. The summed E-state index contributed by atoms with van der Waals surface area (Å²) >= 11 is 0. The van der Waals surface area contributed by atoms with Crippen LogP contribution < -0.4 is 0 Å². The average Bonchev–Trinajstić information content (AvgIpc) is 2.15. The van der Waals surface area contributed by atoms with Crippen molar-refractivity contribution in [3.05, 3.63) is 29.3 Å². The molecule has 1 heteroatoms. The van der Waals surface area contributed by atoms with E-state index in [0.717, 1.165) is 11.4 Å². The molecule has 0 aliphatic carbocycles. The maximum absolute atomic E-state index is 4.64. The number of rotatable bonds is 3. The van der Waals surface area contributed by atoms with E-state index < -0.39 is 0 Å². The number of hydrogen-bond donors (Lipinski definition) is 0. The summed E-state index contributed by atoms with van der Waals surface area (Å²) in [5.41, 5.74) is 5.08. The molecule has 0 aliphatic rings. The lowest BCUT2D eigenvalue weighted by Crippen LogP contribution is -1.99. The van der Waals surface area contributed by atoms with Gasteiger partial charge in [0.05, 0.1) is 5.69 Å². The molecule has 0 amide bonds. The Labute approximate surface area is 99.6 Å². The molecule has 88 valence electrons. The van der Waals surface area contributed by atoms with Crippen LogP contribution in [0.1, 0.15) is 64.5 Å². The van der Waals surface area contributed by atoms with Gasteiger partial charge in [0.25, 0.3) is 0 Å². The van der Waals surface area contributed by atoms with Gasteiger partial charge in [0.1, 0.15) is 0 Å². The lowest BCUT2D eigenvalue weighted by atomic mass is 9.89. The van der Waals surface area contributed by atoms with Gasteiger partial charge in [-0.1, -0.05) is 39.8 Å². The van der Waals surface area contributed by atoms with Gasteiger partial charge in [0.2, 0.25) is 0 Å². The van der Waals surface area contributed by atoms with Crippen molar-refractivity contribution in [1.82, 2.24) is 0 Å². The number of nitrogens with zero attached hydrogens (tertiary/aromatic N) is 1. The summed E-state index contributed by atoms with van der Waals surface area (Å²) < 4.78 is 0. The van der Waals surface area contributed by atoms with Crippen molar-refractivity contribution >= 4 is 11.4 Å². The maximum atomic E-state index is 4.64. The second-order valence-corrected chi connectivity index (χ2v) is 5.15. The van der Waals surface area contributed by atoms with Gasteiger partial charge < -0.3 is 0 Å². The Hall–Kier alpha value is -1.11. The van der Waals surface area contributed by atoms with Crippen LogP contribution in [0.3, 0.4) is 0 Å². The van der Waals surface area contributed by atoms with Crippen LogP contribution in [0.15, 0.2) is 23.2 Å². The van der Waals surface area contributed by atoms with Crippen LogP contribution in [0, 0.1) is 0 Å². The van der Waals surface area contributed by atoms with Gasteiger partial charge in [0, 0.05) is 5.71 Å². The van der Waals surface area contributed by atoms with Crippen LogP contribution in [0.4, 0.5) is 5.69 Å². The first-order valence-corrected chi connectivity index (χ1v) is 6.08. The molecule has 0 saturated carbocycles. The van der Waals surface area contributed by atoms with Crippen molar-refractivity contribution in [3.8, 4) is 0 Å². The van der Waals surface area contributed by atoms with Crippen molar-refractivity contribution in [3.63, 3.8) is 0 Å². The fourth-order valence-corrected chi connectivity index (χ4v) is 2.04. The highest BCUT2D eigenvalue weighted by atomic mass is 14.7. The monoisotopic (exact) mass is 217 g/mol. The van der Waals surface area contributed by atoms with Crippen LogP contribution in [-0.2, 0) is 0 Å². The molecule has 1 aromatic rings. The predicted molar refractivity (Wildman–Crippen MR) is 73.1 cm³/mol. The quantitative estimate of drug-likeness (QED) is 0.628. The molecular formula is C15H23N. The Morgan fingerprint density at radius 3 is 2.06 bits per heavy atom. The highest BCUT2D eigenvalue weighted by Crippen LogP contribution is 2.34. The predicted octanol–water partition coefficient (Wildman–Crippen LogP) is 5.05. The van der Waals surface area contributed by atoms with E-state index in [0.29, 0.717) is 11.8 Å². The summed E-state index contributed by atoms with van der Waals surface area (Å²) in [7, 11) is 0. The molecule has 0 unspecified atom stereocenters. The second kappa shape index (κ2) is 5.29. The minimum atomic E-state index is 0.525. The molecule has 0 heterocycles. The van der Waals surface area contributed by atoms with Crippen LogP contribution in [0.5, 0.6) is 0 Å². The first-order chi connectivity index (χ1) is 7.43. The standard InChI is InChI=1S/C15H23N/c1-10(2)13-8-7-9-14(16-12(5)6)15(13)11(3)4/h7-11H,1-6H3. The molecule has 0 saturated heterocycles. The lowest BCUT2D eigenvalue weighted by molar-refractivity contribution is 0.791. The first-order valence-electron chi connectivity index (χ1n) is 6.08. The Bertz CT molecular complexity index is 382. The van der Waals surface area contributed by atoms with Gasteiger partial charge in [-0.3, -0.25) is 4.99 Å². The molecule has 1 aromatic carbocycles. The summed E-state index contributed by atoms with van der Waals surface area (Å²) in [5, 5.41) is 0. The zero-order chi connectivity index (χ0) is 12.3. The molecule has 0 aromatic heterocycles. The zero-order valence-corrected chi connectivity index (χ0v) is 11.3. The Balaban J connectivity index is 3.39. The summed E-state index contributed by atoms with van der Waals surface area (Å²) in [6, 6.07) is 6.46. The van der Waals surface area contributed by atoms with E-state index in [1.54, 1.807) is 0 Å². The van der Waals surface area contributed by atoms with Crippen molar-refractivity contribution < 1.29 is 0 Å². The van der Waals surface area contributed by atoms with Crippen molar-refractivity contribution in [2.75, 3.05) is 0 Å². The molecule has 0 fully saturated rings. The zero-order valence-electron chi connectivity index (χ0n) is 11.3. The summed E-state index contributed by atoms with van der Waals surface area (Å²) in [4.78, 5) is 4.64. The second-order valence-electron chi connectivity index (χ2n) is 5.15. The number of aliphatic imine (C=N–C) groups is 1. The molecule has 0 aliphatic heterocycles. The topological polar surface area (TPSA) is 12.4 Å².